The van der Waals surface area contributed by atoms with Crippen LogP contribution in [0.25, 0.3) is 6.08 Å². The second-order valence-electron chi connectivity index (χ2n) is 7.78. The van der Waals surface area contributed by atoms with Crippen molar-refractivity contribution in [2.75, 3.05) is 12.0 Å². The summed E-state index contributed by atoms with van der Waals surface area (Å²) >= 11 is 3.47. The topological polar surface area (TPSA) is 46.6 Å². The van der Waals surface area contributed by atoms with Gasteiger partial charge in [-0.25, -0.2) is 4.79 Å². The predicted octanol–water partition coefficient (Wildman–Crippen LogP) is 6.06. The normalized spacial score (nSPS) is 14.6. The Kier molecular flexibility index (Phi) is 7.86. The van der Waals surface area contributed by atoms with Crippen LogP contribution >= 0.6 is 15.9 Å². The van der Waals surface area contributed by atoms with Gasteiger partial charge in [0.1, 0.15) is 0 Å². The van der Waals surface area contributed by atoms with Gasteiger partial charge in [0.2, 0.25) is 5.91 Å². The molecule has 0 saturated heterocycles. The molecule has 1 aliphatic carbocycles. The van der Waals surface area contributed by atoms with Crippen molar-refractivity contribution in [2.45, 2.75) is 45.6 Å². The molecule has 1 amide bonds. The number of hydrogen-bond acceptors (Lipinski definition) is 3. The van der Waals surface area contributed by atoms with Crippen LogP contribution in [0.1, 0.15) is 48.8 Å². The lowest BCUT2D eigenvalue weighted by molar-refractivity contribution is -0.134. The summed E-state index contributed by atoms with van der Waals surface area (Å²) in [5.74, 6) is -0.140. The average Bonchev–Trinajstić information content (AvgIpc) is 2.78. The van der Waals surface area contributed by atoms with Crippen LogP contribution in [0.2, 0.25) is 0 Å². The summed E-state index contributed by atoms with van der Waals surface area (Å²) in [5.41, 5.74) is 3.86. The number of aryl methyl sites for hydroxylation is 1. The maximum atomic E-state index is 13.5. The number of hydrogen-bond donors (Lipinski definition) is 0. The Hall–Kier alpha value is -2.40. The largest absolute Gasteiger partial charge is 0.466 e. The van der Waals surface area contributed by atoms with E-state index in [0.29, 0.717) is 6.54 Å². The van der Waals surface area contributed by atoms with Gasteiger partial charge in [0.05, 0.1) is 13.7 Å². The third-order valence-electron chi connectivity index (χ3n) is 5.65. The Morgan fingerprint density at radius 1 is 1.10 bits per heavy atom. The van der Waals surface area contributed by atoms with Crippen LogP contribution in [-0.2, 0) is 20.9 Å². The Bertz CT molecular complexity index is 914. The van der Waals surface area contributed by atoms with Crippen molar-refractivity contribution in [1.82, 2.24) is 0 Å². The Labute approximate surface area is 187 Å². The highest BCUT2D eigenvalue weighted by Crippen LogP contribution is 2.30. The van der Waals surface area contributed by atoms with Crippen molar-refractivity contribution in [2.24, 2.45) is 5.92 Å². The van der Waals surface area contributed by atoms with Crippen LogP contribution in [0, 0.1) is 12.8 Å². The molecule has 5 heteroatoms. The number of anilines is 1. The molecule has 0 bridgehead atoms. The molecule has 0 N–H and O–H groups in total. The van der Waals surface area contributed by atoms with E-state index in [1.165, 1.54) is 19.6 Å². The number of benzene rings is 2. The van der Waals surface area contributed by atoms with E-state index in [0.717, 1.165) is 52.5 Å². The van der Waals surface area contributed by atoms with Crippen LogP contribution in [0.5, 0.6) is 0 Å². The third kappa shape index (κ3) is 5.82. The minimum absolute atomic E-state index is 0.0737. The molecule has 0 heterocycles. The van der Waals surface area contributed by atoms with Gasteiger partial charge in [0.15, 0.2) is 0 Å². The van der Waals surface area contributed by atoms with Gasteiger partial charge < -0.3 is 9.64 Å². The van der Waals surface area contributed by atoms with Gasteiger partial charge in [0.25, 0.3) is 0 Å². The molecule has 4 nitrogen and oxygen atoms in total. The molecule has 1 fully saturated rings. The summed E-state index contributed by atoms with van der Waals surface area (Å²) < 4.78 is 5.72. The summed E-state index contributed by atoms with van der Waals surface area (Å²) in [6.45, 7) is 2.51. The highest BCUT2D eigenvalue weighted by atomic mass is 79.9. The fourth-order valence-electron chi connectivity index (χ4n) is 3.84. The van der Waals surface area contributed by atoms with Crippen LogP contribution < -0.4 is 4.90 Å². The summed E-state index contributed by atoms with van der Waals surface area (Å²) in [5, 5.41) is 0. The molecule has 1 saturated carbocycles. The number of carbonyl (C=O) groups is 2. The number of nitrogens with zero attached hydrogens (tertiary/aromatic N) is 1. The zero-order chi connectivity index (χ0) is 21.5. The first-order chi connectivity index (χ1) is 14.5. The average molecular weight is 470 g/mol. The number of methoxy groups -OCH3 is 1. The van der Waals surface area contributed by atoms with E-state index in [4.69, 9.17) is 4.74 Å². The minimum atomic E-state index is -0.398. The molecular formula is C25H28BrNO3. The second kappa shape index (κ2) is 10.6. The number of rotatable bonds is 6. The SMILES string of the molecule is COC(=O)/C=C/c1cc(N(Cc2ccc(Br)cc2)C(=O)C2CCCCC2)ccc1C. The molecule has 0 spiro atoms. The highest BCUT2D eigenvalue weighted by Gasteiger charge is 2.27. The standard InChI is InChI=1S/C25H28BrNO3/c1-18-8-14-23(16-21(18)11-15-24(28)30-2)27(17-19-9-12-22(26)13-10-19)25(29)20-6-4-3-5-7-20/h8-16,20H,3-7,17H2,1-2H3/b15-11+. The van der Waals surface area contributed by atoms with Crippen LogP contribution in [0.3, 0.4) is 0 Å². The van der Waals surface area contributed by atoms with Crippen molar-refractivity contribution in [1.29, 1.82) is 0 Å². The second-order valence-corrected chi connectivity index (χ2v) is 8.70. The van der Waals surface area contributed by atoms with E-state index in [2.05, 4.69) is 15.9 Å². The van der Waals surface area contributed by atoms with E-state index in [1.54, 1.807) is 6.08 Å². The van der Waals surface area contributed by atoms with E-state index >= 15 is 0 Å². The third-order valence-corrected chi connectivity index (χ3v) is 6.18. The summed E-state index contributed by atoms with van der Waals surface area (Å²) in [6.07, 6.45) is 8.51. The number of ether oxygens (including phenoxy) is 1. The van der Waals surface area contributed by atoms with Gasteiger partial charge in [-0.15, -0.1) is 0 Å². The van der Waals surface area contributed by atoms with Gasteiger partial charge in [-0.3, -0.25) is 4.79 Å². The summed E-state index contributed by atoms with van der Waals surface area (Å²) in [7, 11) is 1.36. The molecule has 158 valence electrons. The lowest BCUT2D eigenvalue weighted by Crippen LogP contribution is -2.36. The molecule has 30 heavy (non-hydrogen) atoms. The molecule has 3 rings (SSSR count). The van der Waals surface area contributed by atoms with Gasteiger partial charge in [-0.2, -0.15) is 0 Å². The van der Waals surface area contributed by atoms with Crippen LogP contribution in [-0.4, -0.2) is 19.0 Å². The van der Waals surface area contributed by atoms with Gasteiger partial charge in [0, 0.05) is 22.2 Å². The van der Waals surface area contributed by atoms with E-state index in [1.807, 2.05) is 54.3 Å². The van der Waals surface area contributed by atoms with Crippen molar-refractivity contribution >= 4 is 39.6 Å². The molecule has 0 radical (unpaired) electrons. The maximum Gasteiger partial charge on any atom is 0.330 e. The molecule has 2 aromatic carbocycles. The first-order valence-corrected chi connectivity index (χ1v) is 11.2. The fraction of sp³-hybridized carbons (Fsp3) is 0.360. The Balaban J connectivity index is 1.94. The van der Waals surface area contributed by atoms with Crippen LogP contribution in [0.15, 0.2) is 53.0 Å². The molecule has 0 aliphatic heterocycles. The molecule has 1 aliphatic rings. The Morgan fingerprint density at radius 2 is 1.80 bits per heavy atom. The highest BCUT2D eigenvalue weighted by molar-refractivity contribution is 9.10. The molecule has 2 aromatic rings. The lowest BCUT2D eigenvalue weighted by Gasteiger charge is -2.30. The van der Waals surface area contributed by atoms with Gasteiger partial charge in [-0.1, -0.05) is 53.4 Å². The van der Waals surface area contributed by atoms with Crippen molar-refractivity contribution < 1.29 is 14.3 Å². The Morgan fingerprint density at radius 3 is 2.47 bits per heavy atom. The summed E-state index contributed by atoms with van der Waals surface area (Å²) in [4.78, 5) is 26.9. The quantitative estimate of drug-likeness (QED) is 0.381. The first-order valence-electron chi connectivity index (χ1n) is 10.4. The van der Waals surface area contributed by atoms with Crippen molar-refractivity contribution in [3.8, 4) is 0 Å². The molecule has 0 aromatic heterocycles. The van der Waals surface area contributed by atoms with E-state index in [-0.39, 0.29) is 11.8 Å². The first kappa shape index (κ1) is 22.3. The van der Waals surface area contributed by atoms with Crippen LogP contribution in [0.4, 0.5) is 5.69 Å². The molecule has 0 atom stereocenters. The van der Waals surface area contributed by atoms with Crippen molar-refractivity contribution in [3.05, 3.63) is 69.7 Å². The predicted molar refractivity (Wildman–Crippen MR) is 124 cm³/mol. The minimum Gasteiger partial charge on any atom is -0.466 e. The zero-order valence-electron chi connectivity index (χ0n) is 17.6. The number of carbonyl (C=O) groups excluding carboxylic acids is 2. The van der Waals surface area contributed by atoms with Crippen molar-refractivity contribution in [3.63, 3.8) is 0 Å². The zero-order valence-corrected chi connectivity index (χ0v) is 19.2. The smallest absolute Gasteiger partial charge is 0.330 e. The van der Waals surface area contributed by atoms with Gasteiger partial charge in [-0.05, 0) is 66.8 Å². The van der Waals surface area contributed by atoms with Gasteiger partial charge >= 0.3 is 5.97 Å². The monoisotopic (exact) mass is 469 g/mol. The maximum absolute atomic E-state index is 13.5. The number of halogens is 1. The molecule has 0 unspecified atom stereocenters. The molecular weight excluding hydrogens is 442 g/mol. The summed E-state index contributed by atoms with van der Waals surface area (Å²) in [6, 6.07) is 14.0. The fourth-order valence-corrected chi connectivity index (χ4v) is 4.10. The lowest BCUT2D eigenvalue weighted by atomic mass is 9.88. The number of amides is 1. The van der Waals surface area contributed by atoms with E-state index < -0.39 is 5.97 Å². The number of esters is 1. The van der Waals surface area contributed by atoms with E-state index in [9.17, 15) is 9.59 Å².